The Morgan fingerprint density at radius 1 is 1.23 bits per heavy atom. The molecule has 5 N–H and O–H groups in total. The average Bonchev–Trinajstić information content (AvgIpc) is 3.23. The number of carbonyl (C=O) groups excluding carboxylic acids is 1. The lowest BCUT2D eigenvalue weighted by atomic mass is 10.1. The highest BCUT2D eigenvalue weighted by atomic mass is 32.2. The van der Waals surface area contributed by atoms with Crippen LogP contribution in [0.5, 0.6) is 5.75 Å². The van der Waals surface area contributed by atoms with Crippen molar-refractivity contribution in [2.24, 2.45) is 0 Å². The van der Waals surface area contributed by atoms with Crippen LogP contribution < -0.4 is 16.0 Å². The maximum atomic E-state index is 11.1. The fraction of sp³-hybridized carbons (Fsp3) is 0.435. The van der Waals surface area contributed by atoms with E-state index in [9.17, 15) is 15.0 Å². The topological polar surface area (TPSA) is 96.9 Å². The molecule has 2 heterocycles. The molecule has 2 aromatic rings. The number of hydrogen-bond donors (Lipinski definition) is 5. The van der Waals surface area contributed by atoms with Gasteiger partial charge in [0, 0.05) is 44.2 Å². The third-order valence-corrected chi connectivity index (χ3v) is 6.87. The molecular weight excluding hydrogens is 412 g/mol. The number of aliphatic hydroxyl groups excluding tert-OH is 1. The predicted octanol–water partition coefficient (Wildman–Crippen LogP) is 1.71. The molecule has 1 unspecified atom stereocenters. The maximum absolute atomic E-state index is 11.1. The molecule has 0 aromatic heterocycles. The number of benzene rings is 2. The summed E-state index contributed by atoms with van der Waals surface area (Å²) in [6.07, 6.45) is 0.974. The predicted molar refractivity (Wildman–Crippen MR) is 124 cm³/mol. The number of anilines is 1. The Labute approximate surface area is 187 Å². The van der Waals surface area contributed by atoms with Crippen LogP contribution >= 0.6 is 11.8 Å². The molecule has 0 radical (unpaired) electrons. The number of rotatable bonds is 9. The molecule has 31 heavy (non-hydrogen) atoms. The van der Waals surface area contributed by atoms with Crippen molar-refractivity contribution in [3.63, 3.8) is 0 Å². The van der Waals surface area contributed by atoms with Gasteiger partial charge in [-0.15, -0.1) is 0 Å². The highest BCUT2D eigenvalue weighted by Gasteiger charge is 2.28. The van der Waals surface area contributed by atoms with Gasteiger partial charge in [0.05, 0.1) is 11.8 Å². The molecule has 0 saturated carbocycles. The molecule has 1 saturated heterocycles. The highest BCUT2D eigenvalue weighted by molar-refractivity contribution is 8.01. The van der Waals surface area contributed by atoms with E-state index in [2.05, 4.69) is 45.1 Å². The molecule has 2 aliphatic rings. The van der Waals surface area contributed by atoms with Crippen LogP contribution in [0, 0.1) is 0 Å². The Balaban J connectivity index is 1.27. The van der Waals surface area contributed by atoms with E-state index in [0.29, 0.717) is 12.2 Å². The van der Waals surface area contributed by atoms with Crippen LogP contribution in [0.3, 0.4) is 0 Å². The second-order valence-electron chi connectivity index (χ2n) is 8.01. The van der Waals surface area contributed by atoms with Crippen LogP contribution in [0.4, 0.5) is 5.69 Å². The van der Waals surface area contributed by atoms with Gasteiger partial charge in [-0.3, -0.25) is 4.90 Å². The summed E-state index contributed by atoms with van der Waals surface area (Å²) in [5.41, 5.74) is 3.88. The van der Waals surface area contributed by atoms with E-state index in [4.69, 9.17) is 0 Å². The number of nitrogens with zero attached hydrogens (tertiary/aromatic N) is 1. The van der Waals surface area contributed by atoms with Gasteiger partial charge in [-0.05, 0) is 35.7 Å². The SMILES string of the molecule is O=CC1Nc2c(O)ccc([C@@H](O)CNCCc3cccc(CN4CCNCC4)c3)c2S1. The zero-order chi connectivity index (χ0) is 21.6. The third kappa shape index (κ3) is 5.58. The smallest absolute Gasteiger partial charge is 0.152 e. The molecule has 0 aliphatic carbocycles. The number of nitrogens with one attached hydrogen (secondary N) is 3. The van der Waals surface area contributed by atoms with E-state index in [1.54, 1.807) is 12.1 Å². The Bertz CT molecular complexity index is 904. The zero-order valence-electron chi connectivity index (χ0n) is 17.5. The number of hydrogen-bond acceptors (Lipinski definition) is 8. The lowest BCUT2D eigenvalue weighted by molar-refractivity contribution is -0.107. The summed E-state index contributed by atoms with van der Waals surface area (Å²) in [4.78, 5) is 14.3. The number of fused-ring (bicyclic) bond motifs is 1. The van der Waals surface area contributed by atoms with Crippen LogP contribution in [-0.2, 0) is 17.8 Å². The minimum absolute atomic E-state index is 0.0939. The zero-order valence-corrected chi connectivity index (χ0v) is 18.3. The first-order valence-corrected chi connectivity index (χ1v) is 11.7. The second-order valence-corrected chi connectivity index (χ2v) is 9.16. The van der Waals surface area contributed by atoms with Gasteiger partial charge < -0.3 is 31.0 Å². The van der Waals surface area contributed by atoms with Gasteiger partial charge in [0.1, 0.15) is 11.1 Å². The molecule has 2 aromatic carbocycles. The largest absolute Gasteiger partial charge is 0.506 e. The summed E-state index contributed by atoms with van der Waals surface area (Å²) in [7, 11) is 0. The minimum Gasteiger partial charge on any atom is -0.506 e. The second kappa shape index (κ2) is 10.5. The van der Waals surface area contributed by atoms with E-state index in [-0.39, 0.29) is 5.75 Å². The van der Waals surface area contributed by atoms with Crippen LogP contribution in [0.25, 0.3) is 0 Å². The number of aldehydes is 1. The number of aliphatic hydroxyl groups is 1. The maximum Gasteiger partial charge on any atom is 0.152 e. The van der Waals surface area contributed by atoms with Crippen molar-refractivity contribution in [1.29, 1.82) is 0 Å². The number of piperazine rings is 1. The van der Waals surface area contributed by atoms with Crippen LogP contribution in [0.2, 0.25) is 0 Å². The molecule has 2 atom stereocenters. The Morgan fingerprint density at radius 3 is 2.84 bits per heavy atom. The van der Waals surface area contributed by atoms with Gasteiger partial charge in [0.2, 0.25) is 0 Å². The lowest BCUT2D eigenvalue weighted by Crippen LogP contribution is -2.42. The quantitative estimate of drug-likeness (QED) is 0.228. The fourth-order valence-electron chi connectivity index (χ4n) is 4.07. The monoisotopic (exact) mass is 442 g/mol. The first-order valence-electron chi connectivity index (χ1n) is 10.8. The number of phenolic OH excluding ortho intramolecular Hbond substituents is 1. The summed E-state index contributed by atoms with van der Waals surface area (Å²) >= 11 is 1.32. The van der Waals surface area contributed by atoms with Crippen molar-refractivity contribution in [3.8, 4) is 5.75 Å². The van der Waals surface area contributed by atoms with E-state index < -0.39 is 11.5 Å². The Hall–Kier alpha value is -2.10. The molecule has 8 heteroatoms. The van der Waals surface area contributed by atoms with Crippen molar-refractivity contribution < 1.29 is 15.0 Å². The molecule has 7 nitrogen and oxygen atoms in total. The van der Waals surface area contributed by atoms with Crippen LogP contribution in [-0.4, -0.2) is 66.0 Å². The van der Waals surface area contributed by atoms with Gasteiger partial charge >= 0.3 is 0 Å². The minimum atomic E-state index is -0.715. The molecule has 1 fully saturated rings. The van der Waals surface area contributed by atoms with E-state index >= 15 is 0 Å². The van der Waals surface area contributed by atoms with Crippen molar-refractivity contribution in [2.45, 2.75) is 29.3 Å². The van der Waals surface area contributed by atoms with E-state index in [0.717, 1.165) is 62.4 Å². The summed E-state index contributed by atoms with van der Waals surface area (Å²) in [5.74, 6) is 0.0939. The van der Waals surface area contributed by atoms with Gasteiger partial charge in [-0.1, -0.05) is 42.1 Å². The summed E-state index contributed by atoms with van der Waals surface area (Å²) in [6, 6.07) is 12.0. The van der Waals surface area contributed by atoms with Gasteiger partial charge in [-0.25, -0.2) is 0 Å². The standard InChI is InChI=1S/C23H30N4O3S/c28-15-21-26-22-19(29)5-4-18(23(22)31-21)20(30)13-25-7-6-16-2-1-3-17(12-16)14-27-10-8-24-9-11-27/h1-5,12,15,20-21,24-26,29-30H,6-11,13-14H2/t20-,21?/m0/s1. The van der Waals surface area contributed by atoms with Gasteiger partial charge in [0.15, 0.2) is 6.29 Å². The molecule has 0 amide bonds. The summed E-state index contributed by atoms with van der Waals surface area (Å²) in [6.45, 7) is 6.45. The summed E-state index contributed by atoms with van der Waals surface area (Å²) < 4.78 is 0. The third-order valence-electron chi connectivity index (χ3n) is 5.72. The lowest BCUT2D eigenvalue weighted by Gasteiger charge is -2.27. The Kier molecular flexibility index (Phi) is 7.47. The van der Waals surface area contributed by atoms with Gasteiger partial charge in [0.25, 0.3) is 0 Å². The van der Waals surface area contributed by atoms with Crippen molar-refractivity contribution >= 4 is 23.7 Å². The molecule has 4 rings (SSSR count). The number of aromatic hydroxyl groups is 1. The van der Waals surface area contributed by atoms with Crippen molar-refractivity contribution in [1.82, 2.24) is 15.5 Å². The van der Waals surface area contributed by atoms with Gasteiger partial charge in [-0.2, -0.15) is 0 Å². The molecule has 2 aliphatic heterocycles. The normalized spacial score (nSPS) is 19.6. The van der Waals surface area contributed by atoms with Crippen molar-refractivity contribution in [2.75, 3.05) is 44.6 Å². The first-order chi connectivity index (χ1) is 15.1. The average molecular weight is 443 g/mol. The summed E-state index contributed by atoms with van der Waals surface area (Å²) in [5, 5.41) is 30.0. The number of carbonyl (C=O) groups is 1. The molecule has 0 spiro atoms. The molecule has 166 valence electrons. The van der Waals surface area contributed by atoms with Crippen molar-refractivity contribution in [3.05, 3.63) is 53.1 Å². The highest BCUT2D eigenvalue weighted by Crippen LogP contribution is 2.46. The number of phenols is 1. The Morgan fingerprint density at radius 2 is 2.03 bits per heavy atom. The number of thioether (sulfide) groups is 1. The fourth-order valence-corrected chi connectivity index (χ4v) is 5.18. The van der Waals surface area contributed by atoms with Crippen LogP contribution in [0.1, 0.15) is 22.8 Å². The molecular formula is C23H30N4O3S. The molecule has 0 bridgehead atoms. The van der Waals surface area contributed by atoms with E-state index in [1.807, 2.05) is 0 Å². The van der Waals surface area contributed by atoms with E-state index in [1.165, 1.54) is 22.9 Å². The first kappa shape index (κ1) is 22.1. The van der Waals surface area contributed by atoms with Crippen LogP contribution in [0.15, 0.2) is 41.3 Å².